The predicted octanol–water partition coefficient (Wildman–Crippen LogP) is 3.48. The van der Waals surface area contributed by atoms with Crippen molar-refractivity contribution < 1.29 is 4.79 Å². The Morgan fingerprint density at radius 1 is 1.06 bits per heavy atom. The van der Waals surface area contributed by atoms with Crippen LogP contribution >= 0.6 is 0 Å². The van der Waals surface area contributed by atoms with Crippen molar-refractivity contribution in [1.29, 1.82) is 0 Å². The highest BCUT2D eigenvalue weighted by molar-refractivity contribution is 6.05. The van der Waals surface area contributed by atoms with E-state index in [0.717, 1.165) is 28.1 Å². The Morgan fingerprint density at radius 3 is 2.76 bits per heavy atom. The molecule has 0 unspecified atom stereocenters. The number of nitrogens with one attached hydrogen (secondary N) is 1. The van der Waals surface area contributed by atoms with Crippen LogP contribution in [0.2, 0.25) is 0 Å². The molecule has 0 bridgehead atoms. The molecule has 17 heavy (non-hydrogen) atoms. The summed E-state index contributed by atoms with van der Waals surface area (Å²) in [5.74, 6) is 0.178. The van der Waals surface area contributed by atoms with Crippen LogP contribution in [0.15, 0.2) is 42.5 Å². The molecule has 84 valence electrons. The van der Waals surface area contributed by atoms with Crippen LogP contribution in [0.25, 0.3) is 0 Å². The minimum atomic E-state index is 0.178. The lowest BCUT2D eigenvalue weighted by Crippen LogP contribution is -2.02. The molecule has 0 saturated carbocycles. The van der Waals surface area contributed by atoms with Gasteiger partial charge >= 0.3 is 0 Å². The second-order valence-electron chi connectivity index (χ2n) is 4.43. The van der Waals surface area contributed by atoms with Crippen LogP contribution in [-0.2, 0) is 6.42 Å². The van der Waals surface area contributed by atoms with E-state index in [1.807, 2.05) is 49.4 Å². The fourth-order valence-corrected chi connectivity index (χ4v) is 2.21. The Labute approximate surface area is 100 Å². The topological polar surface area (TPSA) is 29.1 Å². The van der Waals surface area contributed by atoms with Crippen molar-refractivity contribution in [1.82, 2.24) is 0 Å². The molecule has 2 aromatic carbocycles. The smallest absolute Gasteiger partial charge is 0.169 e. The summed E-state index contributed by atoms with van der Waals surface area (Å²) in [4.78, 5) is 12.1. The molecule has 1 heterocycles. The molecule has 1 aliphatic rings. The third-order valence-electron chi connectivity index (χ3n) is 3.11. The number of hydrogen-bond donors (Lipinski definition) is 1. The van der Waals surface area contributed by atoms with E-state index in [9.17, 15) is 4.79 Å². The number of carbonyl (C=O) groups excluding carboxylic acids is 1. The summed E-state index contributed by atoms with van der Waals surface area (Å²) in [6.07, 6.45) is 0.471. The maximum atomic E-state index is 12.1. The Hall–Kier alpha value is -2.09. The van der Waals surface area contributed by atoms with E-state index >= 15 is 0 Å². The molecular weight excluding hydrogens is 210 g/mol. The van der Waals surface area contributed by atoms with Crippen molar-refractivity contribution in [2.24, 2.45) is 0 Å². The van der Waals surface area contributed by atoms with Crippen LogP contribution in [-0.4, -0.2) is 5.78 Å². The zero-order valence-corrected chi connectivity index (χ0v) is 9.66. The number of rotatable bonds is 0. The van der Waals surface area contributed by atoms with Gasteiger partial charge in [-0.25, -0.2) is 0 Å². The van der Waals surface area contributed by atoms with Gasteiger partial charge in [0, 0.05) is 23.4 Å². The summed E-state index contributed by atoms with van der Waals surface area (Å²) in [7, 11) is 0. The van der Waals surface area contributed by atoms with Crippen molar-refractivity contribution in [2.45, 2.75) is 13.3 Å². The van der Waals surface area contributed by atoms with Crippen LogP contribution in [0, 0.1) is 6.92 Å². The maximum Gasteiger partial charge on any atom is 0.169 e. The average molecular weight is 223 g/mol. The van der Waals surface area contributed by atoms with Crippen molar-refractivity contribution in [2.75, 3.05) is 5.32 Å². The lowest BCUT2D eigenvalue weighted by atomic mass is 10.0. The van der Waals surface area contributed by atoms with Gasteiger partial charge in [-0.15, -0.1) is 0 Å². The third kappa shape index (κ3) is 1.72. The SMILES string of the molecule is Cc1ccc2c(c1)Nc1ccccc1CC2=O. The van der Waals surface area contributed by atoms with Gasteiger partial charge in [-0.3, -0.25) is 4.79 Å². The molecule has 2 nitrogen and oxygen atoms in total. The van der Waals surface area contributed by atoms with Crippen LogP contribution in [0.1, 0.15) is 21.5 Å². The molecule has 1 N–H and O–H groups in total. The first kappa shape index (κ1) is 10.1. The molecule has 0 aliphatic carbocycles. The summed E-state index contributed by atoms with van der Waals surface area (Å²) >= 11 is 0. The number of carbonyl (C=O) groups is 1. The minimum absolute atomic E-state index is 0.178. The summed E-state index contributed by atoms with van der Waals surface area (Å²) in [6.45, 7) is 2.03. The molecule has 0 amide bonds. The van der Waals surface area contributed by atoms with E-state index in [1.165, 1.54) is 0 Å². The van der Waals surface area contributed by atoms with E-state index in [-0.39, 0.29) is 5.78 Å². The number of benzene rings is 2. The lowest BCUT2D eigenvalue weighted by molar-refractivity contribution is 0.0994. The van der Waals surface area contributed by atoms with Crippen molar-refractivity contribution in [3.8, 4) is 0 Å². The van der Waals surface area contributed by atoms with Crippen molar-refractivity contribution >= 4 is 17.2 Å². The second kappa shape index (κ2) is 3.74. The van der Waals surface area contributed by atoms with E-state index < -0.39 is 0 Å². The predicted molar refractivity (Wildman–Crippen MR) is 68.9 cm³/mol. The Bertz CT molecular complexity index is 602. The molecule has 2 heteroatoms. The van der Waals surface area contributed by atoms with Gasteiger partial charge in [0.15, 0.2) is 5.78 Å². The molecule has 1 aliphatic heterocycles. The number of ketones is 1. The van der Waals surface area contributed by atoms with Crippen LogP contribution in [0.5, 0.6) is 0 Å². The standard InChI is InChI=1S/C15H13NO/c1-10-6-7-12-14(8-10)16-13-5-3-2-4-11(13)9-15(12)17/h2-8,16H,9H2,1H3. The number of aryl methyl sites for hydroxylation is 1. The normalized spacial score (nSPS) is 13.4. The first-order chi connectivity index (χ1) is 8.24. The highest BCUT2D eigenvalue weighted by Crippen LogP contribution is 2.30. The molecule has 0 saturated heterocycles. The minimum Gasteiger partial charge on any atom is -0.355 e. The van der Waals surface area contributed by atoms with Crippen molar-refractivity contribution in [3.63, 3.8) is 0 Å². The Kier molecular flexibility index (Phi) is 2.22. The molecule has 0 atom stereocenters. The van der Waals surface area contributed by atoms with Gasteiger partial charge in [-0.05, 0) is 36.2 Å². The average Bonchev–Trinajstić information content (AvgIpc) is 2.44. The molecule has 0 aromatic heterocycles. The van der Waals surface area contributed by atoms with Crippen LogP contribution in [0.4, 0.5) is 11.4 Å². The highest BCUT2D eigenvalue weighted by atomic mass is 16.1. The van der Waals surface area contributed by atoms with Crippen LogP contribution in [0.3, 0.4) is 0 Å². The number of para-hydroxylation sites is 1. The largest absolute Gasteiger partial charge is 0.355 e. The summed E-state index contributed by atoms with van der Waals surface area (Å²) in [6, 6.07) is 13.9. The summed E-state index contributed by atoms with van der Waals surface area (Å²) in [5.41, 5.74) is 4.95. The Morgan fingerprint density at radius 2 is 1.88 bits per heavy atom. The number of anilines is 2. The quantitative estimate of drug-likeness (QED) is 0.740. The van der Waals surface area contributed by atoms with Gasteiger partial charge in [0.25, 0.3) is 0 Å². The Balaban J connectivity index is 2.18. The number of hydrogen-bond acceptors (Lipinski definition) is 2. The molecule has 0 fully saturated rings. The molecule has 3 rings (SSSR count). The fourth-order valence-electron chi connectivity index (χ4n) is 2.21. The van der Waals surface area contributed by atoms with Gasteiger partial charge in [-0.2, -0.15) is 0 Å². The molecular formula is C15H13NO. The zero-order chi connectivity index (χ0) is 11.8. The van der Waals surface area contributed by atoms with Crippen LogP contribution < -0.4 is 5.32 Å². The summed E-state index contributed by atoms with van der Waals surface area (Å²) < 4.78 is 0. The highest BCUT2D eigenvalue weighted by Gasteiger charge is 2.18. The van der Waals surface area contributed by atoms with Gasteiger partial charge in [0.1, 0.15) is 0 Å². The third-order valence-corrected chi connectivity index (χ3v) is 3.11. The van der Waals surface area contributed by atoms with Gasteiger partial charge in [0.2, 0.25) is 0 Å². The maximum absolute atomic E-state index is 12.1. The number of Topliss-reactive ketones (excluding diaryl/α,β-unsaturated/α-hetero) is 1. The van der Waals surface area contributed by atoms with Gasteiger partial charge in [-0.1, -0.05) is 24.3 Å². The fraction of sp³-hybridized carbons (Fsp3) is 0.133. The molecule has 0 radical (unpaired) electrons. The first-order valence-corrected chi connectivity index (χ1v) is 5.73. The number of fused-ring (bicyclic) bond motifs is 2. The molecule has 0 spiro atoms. The zero-order valence-electron chi connectivity index (χ0n) is 9.66. The van der Waals surface area contributed by atoms with E-state index in [4.69, 9.17) is 0 Å². The van der Waals surface area contributed by atoms with Gasteiger partial charge < -0.3 is 5.32 Å². The monoisotopic (exact) mass is 223 g/mol. The lowest BCUT2D eigenvalue weighted by Gasteiger charge is -2.09. The molecule has 2 aromatic rings. The second-order valence-corrected chi connectivity index (χ2v) is 4.43. The summed E-state index contributed by atoms with van der Waals surface area (Å²) in [5, 5.41) is 3.35. The van der Waals surface area contributed by atoms with Gasteiger partial charge in [0.05, 0.1) is 0 Å². The van der Waals surface area contributed by atoms with E-state index in [2.05, 4.69) is 5.32 Å². The van der Waals surface area contributed by atoms with Crippen molar-refractivity contribution in [3.05, 3.63) is 59.2 Å². The van der Waals surface area contributed by atoms with E-state index in [1.54, 1.807) is 0 Å². The van der Waals surface area contributed by atoms with E-state index in [0.29, 0.717) is 6.42 Å². The first-order valence-electron chi connectivity index (χ1n) is 5.73.